The number of nitrogens with zero attached hydrogens (tertiary/aromatic N) is 2. The van der Waals surface area contributed by atoms with E-state index < -0.39 is 0 Å². The maximum atomic E-state index is 4.68. The molecule has 0 spiro atoms. The van der Waals surface area contributed by atoms with Gasteiger partial charge in [0.2, 0.25) is 5.95 Å². The average molecular weight is 292 g/mol. The molecule has 1 atom stereocenters. The van der Waals surface area contributed by atoms with Crippen LogP contribution in [0.25, 0.3) is 11.0 Å². The van der Waals surface area contributed by atoms with Crippen LogP contribution in [0.2, 0.25) is 0 Å². The standard InChI is InChI=1S/C18H20N4/c1-22-17-9-5-4-8-15(17)21-18(22)20-12-16-14-7-3-2-6-13(14)10-11-19-16/h2-9,16,19H,10-12H2,1H3,(H,20,21). The van der Waals surface area contributed by atoms with E-state index in [1.165, 1.54) is 11.1 Å². The Kier molecular flexibility index (Phi) is 3.31. The Hall–Kier alpha value is -2.33. The number of rotatable bonds is 3. The second-order valence-electron chi connectivity index (χ2n) is 5.82. The summed E-state index contributed by atoms with van der Waals surface area (Å²) in [7, 11) is 2.06. The van der Waals surface area contributed by atoms with E-state index in [1.807, 2.05) is 12.1 Å². The van der Waals surface area contributed by atoms with E-state index in [0.717, 1.165) is 36.5 Å². The van der Waals surface area contributed by atoms with Crippen LogP contribution in [0, 0.1) is 0 Å². The molecule has 1 unspecified atom stereocenters. The van der Waals surface area contributed by atoms with Crippen LogP contribution in [-0.2, 0) is 13.5 Å². The zero-order chi connectivity index (χ0) is 14.9. The molecule has 112 valence electrons. The van der Waals surface area contributed by atoms with E-state index in [-0.39, 0.29) is 0 Å². The first-order chi connectivity index (χ1) is 10.8. The van der Waals surface area contributed by atoms with E-state index in [9.17, 15) is 0 Å². The van der Waals surface area contributed by atoms with Crippen LogP contribution >= 0.6 is 0 Å². The Morgan fingerprint density at radius 3 is 2.91 bits per heavy atom. The number of aromatic nitrogens is 2. The summed E-state index contributed by atoms with van der Waals surface area (Å²) < 4.78 is 2.12. The van der Waals surface area contributed by atoms with E-state index >= 15 is 0 Å². The Labute approximate surface area is 130 Å². The van der Waals surface area contributed by atoms with Crippen LogP contribution < -0.4 is 10.6 Å². The largest absolute Gasteiger partial charge is 0.354 e. The molecule has 0 amide bonds. The first kappa shape index (κ1) is 13.3. The van der Waals surface area contributed by atoms with Crippen LogP contribution in [0.4, 0.5) is 5.95 Å². The molecule has 3 aromatic rings. The van der Waals surface area contributed by atoms with Gasteiger partial charge in [0.05, 0.1) is 11.0 Å². The van der Waals surface area contributed by atoms with Gasteiger partial charge in [-0.15, -0.1) is 0 Å². The minimum absolute atomic E-state index is 0.338. The number of hydrogen-bond acceptors (Lipinski definition) is 3. The van der Waals surface area contributed by atoms with Crippen molar-refractivity contribution in [2.75, 3.05) is 18.4 Å². The van der Waals surface area contributed by atoms with Gasteiger partial charge in [-0.05, 0) is 36.2 Å². The molecule has 0 aliphatic carbocycles. The van der Waals surface area contributed by atoms with Crippen LogP contribution in [-0.4, -0.2) is 22.6 Å². The molecule has 1 aromatic heterocycles. The first-order valence-electron chi connectivity index (χ1n) is 7.79. The van der Waals surface area contributed by atoms with Gasteiger partial charge in [0.25, 0.3) is 0 Å². The van der Waals surface area contributed by atoms with Crippen molar-refractivity contribution in [1.82, 2.24) is 14.9 Å². The van der Waals surface area contributed by atoms with Crippen molar-refractivity contribution >= 4 is 17.0 Å². The van der Waals surface area contributed by atoms with Crippen molar-refractivity contribution in [2.24, 2.45) is 7.05 Å². The number of anilines is 1. The van der Waals surface area contributed by atoms with Gasteiger partial charge < -0.3 is 15.2 Å². The number of fused-ring (bicyclic) bond motifs is 2. The molecule has 4 heteroatoms. The Morgan fingerprint density at radius 2 is 2.00 bits per heavy atom. The second-order valence-corrected chi connectivity index (χ2v) is 5.82. The van der Waals surface area contributed by atoms with Crippen molar-refractivity contribution in [1.29, 1.82) is 0 Å². The summed E-state index contributed by atoms with van der Waals surface area (Å²) in [4.78, 5) is 4.68. The summed E-state index contributed by atoms with van der Waals surface area (Å²) in [6, 6.07) is 17.3. The lowest BCUT2D eigenvalue weighted by Gasteiger charge is -2.27. The van der Waals surface area contributed by atoms with E-state index in [2.05, 4.69) is 63.6 Å². The first-order valence-corrected chi connectivity index (χ1v) is 7.79. The molecule has 0 fully saturated rings. The highest BCUT2D eigenvalue weighted by molar-refractivity contribution is 5.78. The lowest BCUT2D eigenvalue weighted by Crippen LogP contribution is -2.34. The third kappa shape index (κ3) is 2.25. The average Bonchev–Trinajstić information content (AvgIpc) is 2.89. The van der Waals surface area contributed by atoms with Gasteiger partial charge in [0, 0.05) is 19.6 Å². The molecule has 22 heavy (non-hydrogen) atoms. The summed E-state index contributed by atoms with van der Waals surface area (Å²) in [6.45, 7) is 1.88. The molecule has 2 heterocycles. The minimum Gasteiger partial charge on any atom is -0.354 e. The van der Waals surface area contributed by atoms with Gasteiger partial charge in [-0.2, -0.15) is 0 Å². The monoisotopic (exact) mass is 292 g/mol. The Balaban J connectivity index is 1.56. The lowest BCUT2D eigenvalue weighted by molar-refractivity contribution is 0.522. The van der Waals surface area contributed by atoms with E-state index in [4.69, 9.17) is 0 Å². The van der Waals surface area contributed by atoms with Gasteiger partial charge in [0.15, 0.2) is 0 Å². The lowest BCUT2D eigenvalue weighted by atomic mass is 9.94. The summed E-state index contributed by atoms with van der Waals surface area (Å²) in [5.41, 5.74) is 5.05. The van der Waals surface area contributed by atoms with Crippen LogP contribution in [0.1, 0.15) is 17.2 Å². The number of imidazole rings is 1. The van der Waals surface area contributed by atoms with Crippen LogP contribution in [0.15, 0.2) is 48.5 Å². The van der Waals surface area contributed by atoms with Crippen molar-refractivity contribution in [3.8, 4) is 0 Å². The zero-order valence-corrected chi connectivity index (χ0v) is 12.7. The smallest absolute Gasteiger partial charge is 0.203 e. The molecule has 0 radical (unpaired) electrons. The summed E-state index contributed by atoms with van der Waals surface area (Å²) in [5.74, 6) is 0.922. The fraction of sp³-hybridized carbons (Fsp3) is 0.278. The van der Waals surface area contributed by atoms with Gasteiger partial charge in [-0.25, -0.2) is 4.98 Å². The summed E-state index contributed by atoms with van der Waals surface area (Å²) in [5, 5.41) is 7.10. The maximum absolute atomic E-state index is 4.68. The number of para-hydroxylation sites is 2. The van der Waals surface area contributed by atoms with Crippen LogP contribution in [0.3, 0.4) is 0 Å². The predicted octanol–water partition coefficient (Wildman–Crippen LogP) is 2.87. The van der Waals surface area contributed by atoms with Crippen molar-refractivity contribution < 1.29 is 0 Å². The molecular formula is C18H20N4. The predicted molar refractivity (Wildman–Crippen MR) is 90.1 cm³/mol. The molecule has 2 N–H and O–H groups in total. The maximum Gasteiger partial charge on any atom is 0.203 e. The van der Waals surface area contributed by atoms with Crippen molar-refractivity contribution in [3.63, 3.8) is 0 Å². The zero-order valence-electron chi connectivity index (χ0n) is 12.7. The molecule has 1 aliphatic rings. The fourth-order valence-electron chi connectivity index (χ4n) is 3.27. The Bertz CT molecular complexity index is 806. The molecule has 0 saturated carbocycles. The molecular weight excluding hydrogens is 272 g/mol. The Morgan fingerprint density at radius 1 is 1.18 bits per heavy atom. The summed E-state index contributed by atoms with van der Waals surface area (Å²) in [6.07, 6.45) is 1.11. The molecule has 1 aliphatic heterocycles. The van der Waals surface area contributed by atoms with E-state index in [1.54, 1.807) is 0 Å². The third-order valence-corrected chi connectivity index (χ3v) is 4.47. The SMILES string of the molecule is Cn1c(NCC2NCCc3ccccc32)nc2ccccc21. The molecule has 4 rings (SSSR count). The highest BCUT2D eigenvalue weighted by atomic mass is 15.2. The fourth-order valence-corrected chi connectivity index (χ4v) is 3.27. The summed E-state index contributed by atoms with van der Waals surface area (Å²) >= 11 is 0. The number of benzene rings is 2. The van der Waals surface area contributed by atoms with E-state index in [0.29, 0.717) is 6.04 Å². The second kappa shape index (κ2) is 5.46. The topological polar surface area (TPSA) is 41.9 Å². The van der Waals surface area contributed by atoms with Gasteiger partial charge in [0.1, 0.15) is 0 Å². The number of nitrogens with one attached hydrogen (secondary N) is 2. The minimum atomic E-state index is 0.338. The third-order valence-electron chi connectivity index (χ3n) is 4.47. The molecule has 4 nitrogen and oxygen atoms in total. The highest BCUT2D eigenvalue weighted by Crippen LogP contribution is 2.24. The molecule has 0 saturated heterocycles. The van der Waals surface area contributed by atoms with Crippen LogP contribution in [0.5, 0.6) is 0 Å². The van der Waals surface area contributed by atoms with Gasteiger partial charge >= 0.3 is 0 Å². The number of aryl methyl sites for hydroxylation is 1. The molecule has 0 bridgehead atoms. The highest BCUT2D eigenvalue weighted by Gasteiger charge is 2.19. The van der Waals surface area contributed by atoms with Gasteiger partial charge in [-0.3, -0.25) is 0 Å². The van der Waals surface area contributed by atoms with Gasteiger partial charge in [-0.1, -0.05) is 36.4 Å². The molecule has 2 aromatic carbocycles. The van der Waals surface area contributed by atoms with Crippen molar-refractivity contribution in [3.05, 3.63) is 59.7 Å². The number of hydrogen-bond donors (Lipinski definition) is 2. The normalized spacial score (nSPS) is 17.4. The quantitative estimate of drug-likeness (QED) is 0.780. The van der Waals surface area contributed by atoms with Crippen molar-refractivity contribution in [2.45, 2.75) is 12.5 Å².